The van der Waals surface area contributed by atoms with E-state index in [2.05, 4.69) is 27.6 Å². The molecule has 140 valence electrons. The van der Waals surface area contributed by atoms with Crippen molar-refractivity contribution in [3.63, 3.8) is 0 Å². The summed E-state index contributed by atoms with van der Waals surface area (Å²) >= 11 is 2.35. The van der Waals surface area contributed by atoms with Crippen molar-refractivity contribution in [2.24, 2.45) is 0 Å². The van der Waals surface area contributed by atoms with Crippen molar-refractivity contribution in [1.29, 1.82) is 0 Å². The molecule has 2 fully saturated rings. The monoisotopic (exact) mass is 466 g/mol. The molecule has 0 radical (unpaired) electrons. The fourth-order valence-corrected chi connectivity index (χ4v) is 4.39. The van der Waals surface area contributed by atoms with Gasteiger partial charge < -0.3 is 19.7 Å². The standard InChI is InChI=1S/C16H23IN2O6/c1-8-6-19(16(23)18-14(8)22)15-13(12(21)11(7-20)25-15)24-10-5-3-2-4-9(10)17/h6,9-13,15,20-21H,2-5,7H2,1H3,(H,18,22,23)/t9-,10-,11-,12?,13?,15-/m1/s1. The van der Waals surface area contributed by atoms with Crippen LogP contribution in [0.5, 0.6) is 0 Å². The Kier molecular flexibility index (Phi) is 5.99. The summed E-state index contributed by atoms with van der Waals surface area (Å²) in [5.74, 6) is 0. The number of nitrogens with one attached hydrogen (secondary N) is 1. The van der Waals surface area contributed by atoms with E-state index < -0.39 is 35.8 Å². The van der Waals surface area contributed by atoms with E-state index in [9.17, 15) is 19.8 Å². The van der Waals surface area contributed by atoms with Crippen molar-refractivity contribution in [3.8, 4) is 0 Å². The quantitative estimate of drug-likeness (QED) is 0.433. The molecule has 0 amide bonds. The highest BCUT2D eigenvalue weighted by Gasteiger charge is 2.47. The number of hydrogen-bond acceptors (Lipinski definition) is 6. The minimum Gasteiger partial charge on any atom is -0.394 e. The fourth-order valence-electron chi connectivity index (χ4n) is 3.42. The van der Waals surface area contributed by atoms with E-state index in [1.807, 2.05) is 0 Å². The SMILES string of the molecule is Cc1cn([C@@H]2O[C@H](CO)C(O)C2O[C@@H]2CCCC[C@H]2I)c(=O)[nH]c1=O. The van der Waals surface area contributed by atoms with Crippen molar-refractivity contribution in [2.45, 2.75) is 67.2 Å². The third-order valence-electron chi connectivity index (χ3n) is 4.87. The first-order valence-corrected chi connectivity index (χ1v) is 9.73. The van der Waals surface area contributed by atoms with Crippen molar-refractivity contribution >= 4 is 22.6 Å². The van der Waals surface area contributed by atoms with Gasteiger partial charge in [-0.2, -0.15) is 0 Å². The van der Waals surface area contributed by atoms with Gasteiger partial charge in [0.2, 0.25) is 0 Å². The Morgan fingerprint density at radius 1 is 1.40 bits per heavy atom. The predicted molar refractivity (Wildman–Crippen MR) is 98.0 cm³/mol. The van der Waals surface area contributed by atoms with Gasteiger partial charge in [0.15, 0.2) is 6.23 Å². The molecule has 2 unspecified atom stereocenters. The third-order valence-corrected chi connectivity index (χ3v) is 6.29. The summed E-state index contributed by atoms with van der Waals surface area (Å²) in [4.78, 5) is 26.0. The Hall–Kier alpha value is -0.750. The van der Waals surface area contributed by atoms with Crippen molar-refractivity contribution < 1.29 is 19.7 Å². The van der Waals surface area contributed by atoms with Crippen LogP contribution in [0, 0.1) is 6.92 Å². The number of aliphatic hydroxyl groups is 2. The number of aromatic amines is 1. The van der Waals surface area contributed by atoms with Crippen LogP contribution in [-0.2, 0) is 9.47 Å². The van der Waals surface area contributed by atoms with Crippen LogP contribution in [0.2, 0.25) is 0 Å². The van der Waals surface area contributed by atoms with Crippen molar-refractivity contribution in [3.05, 3.63) is 32.6 Å². The van der Waals surface area contributed by atoms with Gasteiger partial charge in [-0.05, 0) is 19.8 Å². The zero-order valence-corrected chi connectivity index (χ0v) is 16.1. The van der Waals surface area contributed by atoms with Crippen LogP contribution in [0.1, 0.15) is 37.5 Å². The van der Waals surface area contributed by atoms with E-state index in [0.29, 0.717) is 9.49 Å². The molecule has 1 saturated carbocycles. The van der Waals surface area contributed by atoms with E-state index in [1.165, 1.54) is 10.8 Å². The third kappa shape index (κ3) is 3.85. The van der Waals surface area contributed by atoms with E-state index >= 15 is 0 Å². The zero-order valence-electron chi connectivity index (χ0n) is 13.9. The minimum atomic E-state index is -1.06. The molecule has 3 N–H and O–H groups in total. The first-order chi connectivity index (χ1) is 11.9. The van der Waals surface area contributed by atoms with Gasteiger partial charge in [0, 0.05) is 15.7 Å². The Bertz CT molecular complexity index is 719. The molecule has 2 heterocycles. The summed E-state index contributed by atoms with van der Waals surface area (Å²) in [5.41, 5.74) is -0.737. The van der Waals surface area contributed by atoms with Gasteiger partial charge in [0.1, 0.15) is 18.3 Å². The van der Waals surface area contributed by atoms with E-state index in [1.54, 1.807) is 6.92 Å². The van der Waals surface area contributed by atoms with Gasteiger partial charge >= 0.3 is 5.69 Å². The largest absolute Gasteiger partial charge is 0.394 e. The average molecular weight is 466 g/mol. The van der Waals surface area contributed by atoms with Gasteiger partial charge in [-0.15, -0.1) is 0 Å². The van der Waals surface area contributed by atoms with Gasteiger partial charge in [-0.1, -0.05) is 35.4 Å². The molecule has 1 saturated heterocycles. The average Bonchev–Trinajstić information content (AvgIpc) is 2.89. The second kappa shape index (κ2) is 7.87. The molecule has 9 heteroatoms. The molecule has 2 aliphatic rings. The lowest BCUT2D eigenvalue weighted by Crippen LogP contribution is -2.43. The van der Waals surface area contributed by atoms with Crippen molar-refractivity contribution in [1.82, 2.24) is 9.55 Å². The lowest BCUT2D eigenvalue weighted by molar-refractivity contribution is -0.107. The Labute approximate surface area is 158 Å². The van der Waals surface area contributed by atoms with Crippen LogP contribution < -0.4 is 11.2 Å². The van der Waals surface area contributed by atoms with Crippen LogP contribution in [-0.4, -0.2) is 54.7 Å². The molecule has 1 aliphatic heterocycles. The molecular formula is C16H23IN2O6. The summed E-state index contributed by atoms with van der Waals surface area (Å²) in [6.07, 6.45) is 1.89. The van der Waals surface area contributed by atoms with Crippen LogP contribution >= 0.6 is 22.6 Å². The van der Waals surface area contributed by atoms with E-state index in [0.717, 1.165) is 25.7 Å². The first-order valence-electron chi connectivity index (χ1n) is 8.48. The number of halogens is 1. The maximum Gasteiger partial charge on any atom is 0.330 e. The number of alkyl halides is 1. The predicted octanol–water partition coefficient (Wildman–Crippen LogP) is 0.227. The highest BCUT2D eigenvalue weighted by molar-refractivity contribution is 14.1. The second-order valence-corrected chi connectivity index (χ2v) is 8.26. The van der Waals surface area contributed by atoms with Gasteiger partial charge in [-0.25, -0.2) is 4.79 Å². The van der Waals surface area contributed by atoms with Gasteiger partial charge in [0.25, 0.3) is 5.56 Å². The van der Waals surface area contributed by atoms with Crippen LogP contribution in [0.15, 0.2) is 15.8 Å². The number of aliphatic hydroxyl groups excluding tert-OH is 2. The lowest BCUT2D eigenvalue weighted by atomic mass is 9.97. The molecule has 25 heavy (non-hydrogen) atoms. The number of ether oxygens (including phenoxy) is 2. The maximum atomic E-state index is 12.2. The summed E-state index contributed by atoms with van der Waals surface area (Å²) in [6.45, 7) is 1.20. The molecule has 8 nitrogen and oxygen atoms in total. The van der Waals surface area contributed by atoms with Gasteiger partial charge in [0.05, 0.1) is 12.7 Å². The van der Waals surface area contributed by atoms with E-state index in [-0.39, 0.29) is 12.7 Å². The normalized spacial score (nSPS) is 35.8. The molecule has 1 aliphatic carbocycles. The van der Waals surface area contributed by atoms with Crippen molar-refractivity contribution in [2.75, 3.05) is 6.61 Å². The first kappa shape index (κ1) is 19.0. The van der Waals surface area contributed by atoms with E-state index in [4.69, 9.17) is 9.47 Å². The molecule has 3 rings (SSSR count). The lowest BCUT2D eigenvalue weighted by Gasteiger charge is -2.32. The summed E-state index contributed by atoms with van der Waals surface area (Å²) < 4.78 is 13.4. The zero-order chi connectivity index (χ0) is 18.1. The minimum absolute atomic E-state index is 0.0443. The molecule has 0 aromatic carbocycles. The molecule has 0 spiro atoms. The number of rotatable bonds is 4. The summed E-state index contributed by atoms with van der Waals surface area (Å²) in [5, 5.41) is 20.0. The highest BCUT2D eigenvalue weighted by Crippen LogP contribution is 2.35. The highest BCUT2D eigenvalue weighted by atomic mass is 127. The summed E-state index contributed by atoms with van der Waals surface area (Å²) in [7, 11) is 0. The van der Waals surface area contributed by atoms with Crippen LogP contribution in [0.25, 0.3) is 0 Å². The summed E-state index contributed by atoms with van der Waals surface area (Å²) in [6, 6.07) is 0. The topological polar surface area (TPSA) is 114 Å². The Balaban J connectivity index is 1.91. The maximum absolute atomic E-state index is 12.2. The molecule has 1 aromatic rings. The Morgan fingerprint density at radius 2 is 2.12 bits per heavy atom. The number of nitrogens with zero attached hydrogens (tertiary/aromatic N) is 1. The number of aromatic nitrogens is 2. The number of hydrogen-bond donors (Lipinski definition) is 3. The second-order valence-electron chi connectivity index (χ2n) is 6.66. The smallest absolute Gasteiger partial charge is 0.330 e. The fraction of sp³-hybridized carbons (Fsp3) is 0.750. The molecule has 1 aromatic heterocycles. The van der Waals surface area contributed by atoms with Crippen LogP contribution in [0.3, 0.4) is 0 Å². The number of H-pyrrole nitrogens is 1. The Morgan fingerprint density at radius 3 is 2.80 bits per heavy atom. The molecule has 0 bridgehead atoms. The van der Waals surface area contributed by atoms with Gasteiger partial charge in [-0.3, -0.25) is 14.3 Å². The molecule has 6 atom stereocenters. The molecular weight excluding hydrogens is 443 g/mol. The number of aryl methyl sites for hydroxylation is 1. The van der Waals surface area contributed by atoms with Crippen LogP contribution in [0.4, 0.5) is 0 Å².